The maximum absolute atomic E-state index is 11.8. The molecule has 1 N–H and O–H groups in total. The molecular weight excluding hydrogens is 452 g/mol. The number of benzene rings is 2. The monoisotopic (exact) mass is 480 g/mol. The molecule has 0 saturated heterocycles. The molecule has 0 unspecified atom stereocenters. The van der Waals surface area contributed by atoms with Gasteiger partial charge in [0.1, 0.15) is 24.2 Å². The number of carboxylic acid groups (broad SMARTS) is 1. The second-order valence-corrected chi connectivity index (χ2v) is 8.60. The molecule has 0 aliphatic carbocycles. The second kappa shape index (κ2) is 12.0. The van der Waals surface area contributed by atoms with E-state index in [1.807, 2.05) is 60.1 Å². The number of methoxy groups -OCH3 is 1. The highest BCUT2D eigenvalue weighted by molar-refractivity contribution is 7.07. The van der Waals surface area contributed by atoms with E-state index in [1.165, 1.54) is 13.2 Å². The van der Waals surface area contributed by atoms with Crippen LogP contribution >= 0.6 is 11.3 Å². The van der Waals surface area contributed by atoms with Crippen molar-refractivity contribution in [1.29, 1.82) is 0 Å². The van der Waals surface area contributed by atoms with Crippen LogP contribution in [0, 0.1) is 6.92 Å². The van der Waals surface area contributed by atoms with Crippen LogP contribution in [0.1, 0.15) is 48.1 Å². The molecule has 0 radical (unpaired) electrons. The van der Waals surface area contributed by atoms with Crippen molar-refractivity contribution in [3.63, 3.8) is 0 Å². The van der Waals surface area contributed by atoms with Gasteiger partial charge < -0.3 is 19.3 Å². The minimum absolute atomic E-state index is 0.0420. The Bertz CT molecular complexity index is 1150. The highest BCUT2D eigenvalue weighted by Crippen LogP contribution is 2.36. The van der Waals surface area contributed by atoms with Gasteiger partial charge in [0.15, 0.2) is 0 Å². The third-order valence-corrected chi connectivity index (χ3v) is 6.06. The van der Waals surface area contributed by atoms with E-state index >= 15 is 0 Å². The number of ether oxygens (including phenoxy) is 3. The van der Waals surface area contributed by atoms with Crippen molar-refractivity contribution in [2.75, 3.05) is 7.11 Å². The van der Waals surface area contributed by atoms with Gasteiger partial charge in [0.25, 0.3) is 0 Å². The zero-order valence-corrected chi connectivity index (χ0v) is 20.3. The molecule has 6 nitrogen and oxygen atoms in total. The van der Waals surface area contributed by atoms with Crippen LogP contribution in [0.25, 0.3) is 5.57 Å². The van der Waals surface area contributed by atoms with Gasteiger partial charge in [-0.25, -0.2) is 4.79 Å². The van der Waals surface area contributed by atoms with Gasteiger partial charge in [-0.15, -0.1) is 0 Å². The van der Waals surface area contributed by atoms with Crippen LogP contribution in [-0.4, -0.2) is 24.2 Å². The lowest BCUT2D eigenvalue weighted by atomic mass is 9.99. The van der Waals surface area contributed by atoms with E-state index in [-0.39, 0.29) is 6.42 Å². The van der Waals surface area contributed by atoms with Gasteiger partial charge in [0.05, 0.1) is 7.11 Å². The first kappa shape index (κ1) is 25.1. The van der Waals surface area contributed by atoms with Crippen LogP contribution in [0.3, 0.4) is 0 Å². The first-order chi connectivity index (χ1) is 16.4. The SMILES string of the molecule is COC(=O)C=C(C)c1ccc(OCc2ccsc2)cc1O[C@@H](CCC(=O)O)c1ccccc1C. The molecular formula is C27H28O6S. The maximum Gasteiger partial charge on any atom is 0.330 e. The Hall–Kier alpha value is -3.58. The number of esters is 1. The average molecular weight is 481 g/mol. The molecule has 0 amide bonds. The number of aryl methyl sites for hydroxylation is 1. The van der Waals surface area contributed by atoms with Gasteiger partial charge >= 0.3 is 11.9 Å². The number of thiophene rings is 1. The molecule has 34 heavy (non-hydrogen) atoms. The molecule has 0 aliphatic rings. The number of aliphatic carboxylic acids is 1. The molecule has 1 atom stereocenters. The molecule has 1 heterocycles. The van der Waals surface area contributed by atoms with Crippen molar-refractivity contribution in [2.24, 2.45) is 0 Å². The Labute approximate surface area is 203 Å². The summed E-state index contributed by atoms with van der Waals surface area (Å²) in [6.45, 7) is 4.18. The van der Waals surface area contributed by atoms with E-state index in [9.17, 15) is 14.7 Å². The Morgan fingerprint density at radius 2 is 1.94 bits per heavy atom. The maximum atomic E-state index is 11.8. The summed E-state index contributed by atoms with van der Waals surface area (Å²) in [6, 6.07) is 15.2. The number of allylic oxidation sites excluding steroid dienone is 1. The summed E-state index contributed by atoms with van der Waals surface area (Å²) in [6.07, 6.45) is 1.15. The van der Waals surface area contributed by atoms with Crippen LogP contribution in [-0.2, 0) is 20.9 Å². The fraction of sp³-hybridized carbons (Fsp3) is 0.259. The number of carbonyl (C=O) groups is 2. The summed E-state index contributed by atoms with van der Waals surface area (Å²) in [4.78, 5) is 23.2. The number of rotatable bonds is 11. The predicted octanol–water partition coefficient (Wildman–Crippen LogP) is 6.20. The molecule has 0 saturated carbocycles. The van der Waals surface area contributed by atoms with Crippen LogP contribution in [0.2, 0.25) is 0 Å². The van der Waals surface area contributed by atoms with Crippen LogP contribution in [0.5, 0.6) is 11.5 Å². The van der Waals surface area contributed by atoms with Crippen LogP contribution in [0.4, 0.5) is 0 Å². The number of hydrogen-bond donors (Lipinski definition) is 1. The standard InChI is InChI=1S/C27H28O6S/c1-18-6-4-5-7-22(18)24(10-11-26(28)29)33-25-15-21(32-16-20-12-13-34-17-20)8-9-23(25)19(2)14-27(30)31-3/h4-9,12-15,17,24H,10-11,16H2,1-3H3,(H,28,29)/t24-/m0/s1. The molecule has 3 rings (SSSR count). The molecule has 178 valence electrons. The van der Waals surface area contributed by atoms with Crippen molar-refractivity contribution in [3.05, 3.63) is 87.6 Å². The minimum atomic E-state index is -0.892. The smallest absolute Gasteiger partial charge is 0.330 e. The fourth-order valence-corrected chi connectivity index (χ4v) is 4.16. The molecule has 0 fully saturated rings. The van der Waals surface area contributed by atoms with Gasteiger partial charge in [0.2, 0.25) is 0 Å². The summed E-state index contributed by atoms with van der Waals surface area (Å²) in [5, 5.41) is 13.3. The largest absolute Gasteiger partial charge is 0.489 e. The second-order valence-electron chi connectivity index (χ2n) is 7.82. The first-order valence-electron chi connectivity index (χ1n) is 10.9. The Morgan fingerprint density at radius 3 is 2.62 bits per heavy atom. The highest BCUT2D eigenvalue weighted by Gasteiger charge is 2.20. The van der Waals surface area contributed by atoms with Crippen molar-refractivity contribution in [1.82, 2.24) is 0 Å². The van der Waals surface area contributed by atoms with E-state index in [1.54, 1.807) is 24.3 Å². The lowest BCUT2D eigenvalue weighted by molar-refractivity contribution is -0.137. The molecule has 3 aromatic rings. The molecule has 0 spiro atoms. The third-order valence-electron chi connectivity index (χ3n) is 5.32. The molecule has 2 aromatic carbocycles. The van der Waals surface area contributed by atoms with Gasteiger partial charge in [-0.05, 0) is 71.5 Å². The van der Waals surface area contributed by atoms with Crippen molar-refractivity contribution in [3.8, 4) is 11.5 Å². The lowest BCUT2D eigenvalue weighted by Crippen LogP contribution is -2.12. The zero-order valence-electron chi connectivity index (χ0n) is 19.4. The Morgan fingerprint density at radius 1 is 1.15 bits per heavy atom. The Balaban J connectivity index is 1.98. The fourth-order valence-electron chi connectivity index (χ4n) is 3.50. The number of hydrogen-bond acceptors (Lipinski definition) is 6. The normalized spacial score (nSPS) is 12.1. The summed E-state index contributed by atoms with van der Waals surface area (Å²) in [5.41, 5.74) is 4.34. The van der Waals surface area contributed by atoms with Gasteiger partial charge in [-0.2, -0.15) is 11.3 Å². The van der Waals surface area contributed by atoms with E-state index in [0.29, 0.717) is 35.7 Å². The molecule has 0 aliphatic heterocycles. The quantitative estimate of drug-likeness (QED) is 0.260. The molecule has 0 bridgehead atoms. The van der Waals surface area contributed by atoms with Crippen LogP contribution < -0.4 is 9.47 Å². The van der Waals surface area contributed by atoms with E-state index in [2.05, 4.69) is 0 Å². The van der Waals surface area contributed by atoms with E-state index in [4.69, 9.17) is 14.2 Å². The predicted molar refractivity (Wildman–Crippen MR) is 132 cm³/mol. The van der Waals surface area contributed by atoms with E-state index in [0.717, 1.165) is 16.7 Å². The Kier molecular flexibility index (Phi) is 8.87. The van der Waals surface area contributed by atoms with Crippen LogP contribution in [0.15, 0.2) is 65.4 Å². The summed E-state index contributed by atoms with van der Waals surface area (Å²) in [5.74, 6) is -0.253. The van der Waals surface area contributed by atoms with Gasteiger partial charge in [-0.3, -0.25) is 4.79 Å². The molecule has 1 aromatic heterocycles. The number of carboxylic acids is 1. The average Bonchev–Trinajstić information content (AvgIpc) is 3.34. The summed E-state index contributed by atoms with van der Waals surface area (Å²) in [7, 11) is 1.32. The van der Waals surface area contributed by atoms with Crippen molar-refractivity contribution < 1.29 is 28.9 Å². The lowest BCUT2D eigenvalue weighted by Gasteiger charge is -2.23. The summed E-state index contributed by atoms with van der Waals surface area (Å²) < 4.78 is 17.2. The number of carbonyl (C=O) groups excluding carboxylic acids is 1. The van der Waals surface area contributed by atoms with Gasteiger partial charge in [-0.1, -0.05) is 24.3 Å². The zero-order chi connectivity index (χ0) is 24.5. The molecule has 7 heteroatoms. The first-order valence-corrected chi connectivity index (χ1v) is 11.8. The topological polar surface area (TPSA) is 82.1 Å². The third kappa shape index (κ3) is 6.96. The van der Waals surface area contributed by atoms with Crippen molar-refractivity contribution in [2.45, 2.75) is 39.4 Å². The minimum Gasteiger partial charge on any atom is -0.489 e. The van der Waals surface area contributed by atoms with E-state index < -0.39 is 18.0 Å². The highest BCUT2D eigenvalue weighted by atomic mass is 32.1. The van der Waals surface area contributed by atoms with Gasteiger partial charge in [0, 0.05) is 24.1 Å². The van der Waals surface area contributed by atoms with Crippen molar-refractivity contribution >= 4 is 28.8 Å². The summed E-state index contributed by atoms with van der Waals surface area (Å²) >= 11 is 1.60.